The average molecular weight is 374 g/mol. The van der Waals surface area contributed by atoms with Gasteiger partial charge in [0.1, 0.15) is 0 Å². The number of carboxylic acids is 1. The van der Waals surface area contributed by atoms with Crippen molar-refractivity contribution in [2.24, 2.45) is 0 Å². The second kappa shape index (κ2) is 9.59. The summed E-state index contributed by atoms with van der Waals surface area (Å²) in [6.45, 7) is 0. The highest BCUT2D eigenvalue weighted by Crippen LogP contribution is 2.34. The molecule has 26 heavy (non-hydrogen) atoms. The highest BCUT2D eigenvalue weighted by atomic mass is 32.2. The summed E-state index contributed by atoms with van der Waals surface area (Å²) in [5, 5.41) is 11.1. The monoisotopic (exact) mass is 373 g/mol. The molecular formula is C22H29O3S-. The second-order valence-corrected chi connectivity index (χ2v) is 9.30. The Morgan fingerprint density at radius 2 is 1.50 bits per heavy atom. The Hall–Kier alpha value is -1.29. The van der Waals surface area contributed by atoms with Gasteiger partial charge in [-0.05, 0) is 37.2 Å². The van der Waals surface area contributed by atoms with Crippen LogP contribution in [0.1, 0.15) is 92.5 Å². The van der Waals surface area contributed by atoms with Crippen molar-refractivity contribution < 1.29 is 14.7 Å². The summed E-state index contributed by atoms with van der Waals surface area (Å²) < 4.78 is 0. The standard InChI is InChI=1S/C22H30O3S/c23-20(15-21(22(24)25)26-19-9-5-2-6-10-19)18-13-11-17(12-14-18)16-7-3-1-4-8-16/h11-14,16,19,21H,1-10,15H2,(H,24,25)/p-1/t21-/m1/s1. The van der Waals surface area contributed by atoms with Crippen molar-refractivity contribution in [3.8, 4) is 0 Å². The van der Waals surface area contributed by atoms with E-state index in [9.17, 15) is 14.7 Å². The fourth-order valence-electron chi connectivity index (χ4n) is 4.28. The molecule has 0 spiro atoms. The van der Waals surface area contributed by atoms with E-state index in [1.54, 1.807) is 0 Å². The number of aliphatic carboxylic acids is 1. The predicted molar refractivity (Wildman–Crippen MR) is 104 cm³/mol. The lowest BCUT2D eigenvalue weighted by molar-refractivity contribution is -0.304. The van der Waals surface area contributed by atoms with Crippen LogP contribution in [0.4, 0.5) is 0 Å². The topological polar surface area (TPSA) is 57.2 Å². The number of rotatable bonds is 7. The first-order valence-corrected chi connectivity index (χ1v) is 11.1. The summed E-state index contributed by atoms with van der Waals surface area (Å²) in [6, 6.07) is 7.88. The normalized spacial score (nSPS) is 20.6. The molecule has 0 aliphatic heterocycles. The zero-order valence-corrected chi connectivity index (χ0v) is 16.3. The van der Waals surface area contributed by atoms with Crippen molar-refractivity contribution in [3.05, 3.63) is 35.4 Å². The maximum atomic E-state index is 12.6. The van der Waals surface area contributed by atoms with Crippen LogP contribution in [0.5, 0.6) is 0 Å². The van der Waals surface area contributed by atoms with E-state index in [-0.39, 0.29) is 12.2 Å². The third kappa shape index (κ3) is 5.35. The van der Waals surface area contributed by atoms with Gasteiger partial charge in [0.05, 0.1) is 11.2 Å². The third-order valence-electron chi connectivity index (χ3n) is 5.85. The number of thioether (sulfide) groups is 1. The molecule has 2 saturated carbocycles. The van der Waals surface area contributed by atoms with Gasteiger partial charge in [0.15, 0.2) is 5.78 Å². The molecule has 0 N–H and O–H groups in total. The van der Waals surface area contributed by atoms with Crippen LogP contribution in [0, 0.1) is 0 Å². The molecule has 0 radical (unpaired) electrons. The molecule has 0 heterocycles. The molecule has 3 rings (SSSR count). The van der Waals surface area contributed by atoms with Crippen LogP contribution < -0.4 is 5.11 Å². The van der Waals surface area contributed by atoms with Gasteiger partial charge >= 0.3 is 0 Å². The predicted octanol–water partition coefficient (Wildman–Crippen LogP) is 4.49. The Kier molecular flexibility index (Phi) is 7.18. The van der Waals surface area contributed by atoms with Crippen molar-refractivity contribution in [2.45, 2.75) is 87.0 Å². The number of carbonyl (C=O) groups excluding carboxylic acids is 2. The first kappa shape index (κ1) is 19.5. The molecule has 1 aromatic carbocycles. The maximum Gasteiger partial charge on any atom is 0.164 e. The Morgan fingerprint density at radius 1 is 0.923 bits per heavy atom. The fourth-order valence-corrected chi connectivity index (χ4v) is 5.71. The highest BCUT2D eigenvalue weighted by molar-refractivity contribution is 8.01. The van der Waals surface area contributed by atoms with E-state index in [1.807, 2.05) is 12.1 Å². The third-order valence-corrected chi connectivity index (χ3v) is 7.40. The minimum absolute atomic E-state index is 0.0340. The lowest BCUT2D eigenvalue weighted by Crippen LogP contribution is -2.36. The van der Waals surface area contributed by atoms with Crippen molar-refractivity contribution >= 4 is 23.5 Å². The van der Waals surface area contributed by atoms with Crippen LogP contribution >= 0.6 is 11.8 Å². The maximum absolute atomic E-state index is 12.6. The molecule has 2 aliphatic rings. The SMILES string of the molecule is O=C(C[C@@H](SC1CCCCC1)C(=O)[O-])c1ccc(C2CCCCC2)cc1. The molecule has 4 heteroatoms. The smallest absolute Gasteiger partial charge is 0.164 e. The molecule has 0 aromatic heterocycles. The van der Waals surface area contributed by atoms with Crippen LogP contribution in [0.15, 0.2) is 24.3 Å². The van der Waals surface area contributed by atoms with E-state index in [4.69, 9.17) is 0 Å². The quantitative estimate of drug-likeness (QED) is 0.661. The molecule has 0 bridgehead atoms. The van der Waals surface area contributed by atoms with Gasteiger partial charge in [0.25, 0.3) is 0 Å². The lowest BCUT2D eigenvalue weighted by atomic mass is 9.84. The van der Waals surface area contributed by atoms with Crippen LogP contribution in [-0.4, -0.2) is 22.3 Å². The second-order valence-electron chi connectivity index (χ2n) is 7.79. The average Bonchev–Trinajstić information content (AvgIpc) is 2.69. The number of carbonyl (C=O) groups is 2. The molecule has 0 amide bonds. The van der Waals surface area contributed by atoms with Gasteiger partial charge in [-0.25, -0.2) is 0 Å². The van der Waals surface area contributed by atoms with Gasteiger partial charge in [-0.2, -0.15) is 0 Å². The number of ketones is 1. The first-order chi connectivity index (χ1) is 12.6. The van der Waals surface area contributed by atoms with Gasteiger partial charge in [-0.1, -0.05) is 62.8 Å². The van der Waals surface area contributed by atoms with Crippen LogP contribution in [0.3, 0.4) is 0 Å². The molecule has 2 aliphatic carbocycles. The highest BCUT2D eigenvalue weighted by Gasteiger charge is 2.23. The van der Waals surface area contributed by atoms with E-state index >= 15 is 0 Å². The van der Waals surface area contributed by atoms with Gasteiger partial charge in [0, 0.05) is 17.2 Å². The van der Waals surface area contributed by atoms with Gasteiger partial charge < -0.3 is 9.90 Å². The molecule has 142 valence electrons. The lowest BCUT2D eigenvalue weighted by Gasteiger charge is -2.26. The summed E-state index contributed by atoms with van der Waals surface area (Å²) in [4.78, 5) is 24.1. The van der Waals surface area contributed by atoms with E-state index in [1.165, 1.54) is 55.9 Å². The Labute approximate surface area is 160 Å². The fraction of sp³-hybridized carbons (Fsp3) is 0.636. The van der Waals surface area contributed by atoms with Crippen LogP contribution in [0.25, 0.3) is 0 Å². The van der Waals surface area contributed by atoms with Crippen LogP contribution in [-0.2, 0) is 4.79 Å². The van der Waals surface area contributed by atoms with Crippen LogP contribution in [0.2, 0.25) is 0 Å². The molecule has 2 fully saturated rings. The Morgan fingerprint density at radius 3 is 2.08 bits per heavy atom. The summed E-state index contributed by atoms with van der Waals surface area (Å²) in [6.07, 6.45) is 12.1. The summed E-state index contributed by atoms with van der Waals surface area (Å²) >= 11 is 1.44. The van der Waals surface area contributed by atoms with Gasteiger partial charge in [-0.3, -0.25) is 4.79 Å². The summed E-state index contributed by atoms with van der Waals surface area (Å²) in [5.41, 5.74) is 1.94. The number of Topliss-reactive ketones (excluding diaryl/α,β-unsaturated/α-hetero) is 1. The Balaban J connectivity index is 1.58. The van der Waals surface area contributed by atoms with Crippen molar-refractivity contribution in [3.63, 3.8) is 0 Å². The minimum atomic E-state index is -1.10. The molecular weight excluding hydrogens is 344 g/mol. The number of hydrogen-bond donors (Lipinski definition) is 0. The number of hydrogen-bond acceptors (Lipinski definition) is 4. The van der Waals surface area contributed by atoms with Gasteiger partial charge in [-0.15, -0.1) is 11.8 Å². The van der Waals surface area contributed by atoms with E-state index in [0.717, 1.165) is 25.7 Å². The first-order valence-electron chi connectivity index (χ1n) is 10.1. The molecule has 0 unspecified atom stereocenters. The largest absolute Gasteiger partial charge is 0.549 e. The summed E-state index contributed by atoms with van der Waals surface area (Å²) in [7, 11) is 0. The van der Waals surface area contributed by atoms with E-state index in [0.29, 0.717) is 16.7 Å². The summed E-state index contributed by atoms with van der Waals surface area (Å²) in [5.74, 6) is -0.573. The molecule has 1 atom stereocenters. The minimum Gasteiger partial charge on any atom is -0.549 e. The zero-order chi connectivity index (χ0) is 18.4. The van der Waals surface area contributed by atoms with Crippen molar-refractivity contribution in [2.75, 3.05) is 0 Å². The van der Waals surface area contributed by atoms with E-state index < -0.39 is 11.2 Å². The number of carboxylic acid groups (broad SMARTS) is 1. The van der Waals surface area contributed by atoms with Crippen molar-refractivity contribution in [1.82, 2.24) is 0 Å². The van der Waals surface area contributed by atoms with Gasteiger partial charge in [0.2, 0.25) is 0 Å². The molecule has 1 aromatic rings. The molecule has 3 nitrogen and oxygen atoms in total. The van der Waals surface area contributed by atoms with E-state index in [2.05, 4.69) is 12.1 Å². The van der Waals surface area contributed by atoms with Crippen molar-refractivity contribution in [1.29, 1.82) is 0 Å². The Bertz CT molecular complexity index is 598. The zero-order valence-electron chi connectivity index (χ0n) is 15.5. The molecule has 0 saturated heterocycles. The number of benzene rings is 1.